The Morgan fingerprint density at radius 3 is 2.68 bits per heavy atom. The molecule has 0 saturated heterocycles. The van der Waals surface area contributed by atoms with Crippen LogP contribution in [0, 0.1) is 5.82 Å². The van der Waals surface area contributed by atoms with Crippen LogP contribution < -0.4 is 5.73 Å². The molecule has 2 N–H and O–H groups in total. The molecule has 0 fully saturated rings. The van der Waals surface area contributed by atoms with Gasteiger partial charge in [-0.3, -0.25) is 4.98 Å². The third kappa shape index (κ3) is 6.61. The Morgan fingerprint density at radius 2 is 2.11 bits per heavy atom. The average molecular weight is 269 g/mol. The number of hydrogen-bond donors (Lipinski definition) is 1. The second-order valence-corrected chi connectivity index (χ2v) is 5.02. The van der Waals surface area contributed by atoms with Crippen LogP contribution in [0.5, 0.6) is 0 Å². The highest BCUT2D eigenvalue weighted by atomic mass is 19.1. The Labute approximate surface area is 114 Å². The molecule has 0 radical (unpaired) electrons. The molecule has 108 valence electrons. The minimum atomic E-state index is -0.334. The lowest BCUT2D eigenvalue weighted by atomic mass is 10.1. The molecule has 0 spiro atoms. The first kappa shape index (κ1) is 16.0. The van der Waals surface area contributed by atoms with Crippen LogP contribution in [0.1, 0.15) is 32.0 Å². The van der Waals surface area contributed by atoms with E-state index in [2.05, 4.69) is 9.88 Å². The highest BCUT2D eigenvalue weighted by Crippen LogP contribution is 2.11. The molecular formula is C14H24FN3O. The Hall–Kier alpha value is -1.04. The first-order valence-electron chi connectivity index (χ1n) is 6.66. The van der Waals surface area contributed by atoms with E-state index >= 15 is 0 Å². The van der Waals surface area contributed by atoms with E-state index in [0.717, 1.165) is 31.8 Å². The van der Waals surface area contributed by atoms with Crippen LogP contribution in [-0.4, -0.2) is 42.7 Å². The molecule has 1 heterocycles. The molecule has 1 rings (SSSR count). The number of nitrogens with two attached hydrogens (primary N) is 1. The summed E-state index contributed by atoms with van der Waals surface area (Å²) in [5.41, 5.74) is 6.76. The summed E-state index contributed by atoms with van der Waals surface area (Å²) >= 11 is 0. The first-order valence-corrected chi connectivity index (χ1v) is 6.66. The second-order valence-electron chi connectivity index (χ2n) is 5.02. The molecule has 0 amide bonds. The van der Waals surface area contributed by atoms with Crippen molar-refractivity contribution >= 4 is 0 Å². The average Bonchev–Trinajstić information content (AvgIpc) is 2.36. The molecule has 0 bridgehead atoms. The number of nitrogens with zero attached hydrogens (tertiary/aromatic N) is 2. The zero-order valence-electron chi connectivity index (χ0n) is 12.0. The fraction of sp³-hybridized carbons (Fsp3) is 0.643. The number of pyridine rings is 1. The van der Waals surface area contributed by atoms with Crippen molar-refractivity contribution < 1.29 is 9.13 Å². The molecule has 0 aliphatic rings. The molecule has 0 aliphatic carbocycles. The standard InChI is InChI=1S/C14H24FN3O/c1-11(2)19-9-8-18(3)7-6-13(16)14-5-4-12(15)10-17-14/h4-5,10-11,13H,6-9,16H2,1-3H3. The van der Waals surface area contributed by atoms with E-state index < -0.39 is 0 Å². The van der Waals surface area contributed by atoms with Gasteiger partial charge in [-0.05, 0) is 46.0 Å². The SMILES string of the molecule is CC(C)OCCN(C)CCC(N)c1ccc(F)cn1. The van der Waals surface area contributed by atoms with Crippen molar-refractivity contribution in [2.45, 2.75) is 32.4 Å². The molecule has 1 aromatic heterocycles. The van der Waals surface area contributed by atoms with Gasteiger partial charge in [0.1, 0.15) is 5.82 Å². The Bertz CT molecular complexity index is 356. The summed E-state index contributed by atoms with van der Waals surface area (Å²) in [7, 11) is 2.04. The number of halogens is 1. The molecular weight excluding hydrogens is 245 g/mol. The van der Waals surface area contributed by atoms with Crippen molar-refractivity contribution in [2.24, 2.45) is 5.73 Å². The quantitative estimate of drug-likeness (QED) is 0.784. The predicted octanol–water partition coefficient (Wildman–Crippen LogP) is 1.97. The van der Waals surface area contributed by atoms with Crippen molar-refractivity contribution in [3.63, 3.8) is 0 Å². The molecule has 19 heavy (non-hydrogen) atoms. The maximum absolute atomic E-state index is 12.7. The van der Waals surface area contributed by atoms with Gasteiger partial charge in [-0.15, -0.1) is 0 Å². The van der Waals surface area contributed by atoms with E-state index in [9.17, 15) is 4.39 Å². The molecule has 0 saturated carbocycles. The van der Waals surface area contributed by atoms with Gasteiger partial charge in [0, 0.05) is 12.6 Å². The number of aromatic nitrogens is 1. The molecule has 4 nitrogen and oxygen atoms in total. The predicted molar refractivity (Wildman–Crippen MR) is 74.3 cm³/mol. The van der Waals surface area contributed by atoms with Gasteiger partial charge in [0.25, 0.3) is 0 Å². The lowest BCUT2D eigenvalue weighted by molar-refractivity contribution is 0.0634. The van der Waals surface area contributed by atoms with Crippen molar-refractivity contribution in [3.8, 4) is 0 Å². The molecule has 1 unspecified atom stereocenters. The van der Waals surface area contributed by atoms with Crippen LogP contribution in [0.25, 0.3) is 0 Å². The first-order chi connectivity index (χ1) is 8.99. The Kier molecular flexibility index (Phi) is 6.91. The van der Waals surface area contributed by atoms with Gasteiger partial charge in [0.2, 0.25) is 0 Å². The monoisotopic (exact) mass is 269 g/mol. The number of likely N-dealkylation sites (N-methyl/N-ethyl adjacent to an activating group) is 1. The third-order valence-corrected chi connectivity index (χ3v) is 2.88. The van der Waals surface area contributed by atoms with Crippen molar-refractivity contribution in [3.05, 3.63) is 29.8 Å². The van der Waals surface area contributed by atoms with Gasteiger partial charge < -0.3 is 15.4 Å². The van der Waals surface area contributed by atoms with Crippen LogP contribution in [0.3, 0.4) is 0 Å². The lowest BCUT2D eigenvalue weighted by Crippen LogP contribution is -2.28. The number of hydrogen-bond acceptors (Lipinski definition) is 4. The molecule has 0 aliphatic heterocycles. The highest BCUT2D eigenvalue weighted by Gasteiger charge is 2.09. The van der Waals surface area contributed by atoms with E-state index in [1.54, 1.807) is 6.07 Å². The van der Waals surface area contributed by atoms with Crippen molar-refractivity contribution in [1.82, 2.24) is 9.88 Å². The minimum Gasteiger partial charge on any atom is -0.377 e. The fourth-order valence-electron chi connectivity index (χ4n) is 1.67. The summed E-state index contributed by atoms with van der Waals surface area (Å²) in [4.78, 5) is 6.17. The van der Waals surface area contributed by atoms with E-state index in [0.29, 0.717) is 0 Å². The van der Waals surface area contributed by atoms with E-state index in [-0.39, 0.29) is 18.0 Å². The normalized spacial score (nSPS) is 13.2. The lowest BCUT2D eigenvalue weighted by Gasteiger charge is -2.19. The molecule has 5 heteroatoms. The van der Waals surface area contributed by atoms with Crippen LogP contribution in [0.4, 0.5) is 4.39 Å². The molecule has 1 aromatic rings. The number of ether oxygens (including phenoxy) is 1. The van der Waals surface area contributed by atoms with E-state index in [1.807, 2.05) is 20.9 Å². The van der Waals surface area contributed by atoms with Gasteiger partial charge in [-0.2, -0.15) is 0 Å². The molecule has 0 aromatic carbocycles. The largest absolute Gasteiger partial charge is 0.377 e. The summed E-state index contributed by atoms with van der Waals surface area (Å²) in [6, 6.07) is 2.87. The van der Waals surface area contributed by atoms with Crippen LogP contribution in [0.2, 0.25) is 0 Å². The van der Waals surface area contributed by atoms with Crippen LogP contribution >= 0.6 is 0 Å². The van der Waals surface area contributed by atoms with Crippen molar-refractivity contribution in [2.75, 3.05) is 26.7 Å². The number of rotatable bonds is 8. The summed E-state index contributed by atoms with van der Waals surface area (Å²) < 4.78 is 18.2. The van der Waals surface area contributed by atoms with Gasteiger partial charge in [0.15, 0.2) is 0 Å². The van der Waals surface area contributed by atoms with E-state index in [4.69, 9.17) is 10.5 Å². The smallest absolute Gasteiger partial charge is 0.141 e. The maximum Gasteiger partial charge on any atom is 0.141 e. The molecule has 1 atom stereocenters. The van der Waals surface area contributed by atoms with Crippen LogP contribution in [0.15, 0.2) is 18.3 Å². The summed E-state index contributed by atoms with van der Waals surface area (Å²) in [5.74, 6) is -0.334. The zero-order valence-corrected chi connectivity index (χ0v) is 12.0. The van der Waals surface area contributed by atoms with Gasteiger partial charge in [0.05, 0.1) is 24.6 Å². The highest BCUT2D eigenvalue weighted by molar-refractivity contribution is 5.09. The van der Waals surface area contributed by atoms with Crippen molar-refractivity contribution in [1.29, 1.82) is 0 Å². The topological polar surface area (TPSA) is 51.4 Å². The summed E-state index contributed by atoms with van der Waals surface area (Å²) in [5, 5.41) is 0. The Balaban J connectivity index is 2.25. The van der Waals surface area contributed by atoms with E-state index in [1.165, 1.54) is 12.3 Å². The van der Waals surface area contributed by atoms with Gasteiger partial charge in [-0.1, -0.05) is 0 Å². The fourth-order valence-corrected chi connectivity index (χ4v) is 1.67. The summed E-state index contributed by atoms with van der Waals surface area (Å²) in [6.45, 7) is 6.51. The van der Waals surface area contributed by atoms with Gasteiger partial charge in [-0.25, -0.2) is 4.39 Å². The minimum absolute atomic E-state index is 0.158. The van der Waals surface area contributed by atoms with Gasteiger partial charge >= 0.3 is 0 Å². The maximum atomic E-state index is 12.7. The van der Waals surface area contributed by atoms with Crippen LogP contribution in [-0.2, 0) is 4.74 Å². The summed E-state index contributed by atoms with van der Waals surface area (Å²) in [6.07, 6.45) is 2.26. The second kappa shape index (κ2) is 8.19. The Morgan fingerprint density at radius 1 is 1.37 bits per heavy atom. The zero-order chi connectivity index (χ0) is 14.3. The third-order valence-electron chi connectivity index (χ3n) is 2.88.